The van der Waals surface area contributed by atoms with Crippen LogP contribution in [0.4, 0.5) is 36.1 Å². The summed E-state index contributed by atoms with van der Waals surface area (Å²) >= 11 is 0. The molecule has 0 bridgehead atoms. The van der Waals surface area contributed by atoms with Crippen LogP contribution in [0.25, 0.3) is 10.9 Å². The van der Waals surface area contributed by atoms with Gasteiger partial charge in [-0.2, -0.15) is 13.2 Å². The van der Waals surface area contributed by atoms with Gasteiger partial charge in [0, 0.05) is 81.1 Å². The minimum atomic E-state index is -4.52. The van der Waals surface area contributed by atoms with Gasteiger partial charge in [-0.25, -0.2) is 9.97 Å². The number of imide groups is 1. The Kier molecular flexibility index (Phi) is 11.0. The molecule has 0 spiro atoms. The van der Waals surface area contributed by atoms with E-state index in [1.54, 1.807) is 18.7 Å². The van der Waals surface area contributed by atoms with E-state index in [0.29, 0.717) is 64.9 Å². The van der Waals surface area contributed by atoms with Crippen molar-refractivity contribution in [2.45, 2.75) is 71.3 Å². The Morgan fingerprint density at radius 1 is 0.949 bits per heavy atom. The summed E-state index contributed by atoms with van der Waals surface area (Å²) in [6, 6.07) is 12.4. The number of amides is 3. The van der Waals surface area contributed by atoms with E-state index < -0.39 is 29.7 Å². The number of rotatable bonds is 10. The quantitative estimate of drug-likeness (QED) is 0.130. The van der Waals surface area contributed by atoms with Crippen LogP contribution in [0.3, 0.4) is 0 Å². The number of hydrogen-bond acceptors (Lipinski definition) is 11. The Labute approximate surface area is 341 Å². The van der Waals surface area contributed by atoms with Crippen LogP contribution in [-0.2, 0) is 22.3 Å². The van der Waals surface area contributed by atoms with E-state index in [2.05, 4.69) is 36.4 Å². The average Bonchev–Trinajstić information content (AvgIpc) is 3.52. The van der Waals surface area contributed by atoms with Crippen molar-refractivity contribution >= 4 is 51.5 Å². The molecule has 8 rings (SSSR count). The Morgan fingerprint density at radius 3 is 2.42 bits per heavy atom. The Morgan fingerprint density at radius 2 is 1.71 bits per heavy atom. The molecule has 0 radical (unpaired) electrons. The summed E-state index contributed by atoms with van der Waals surface area (Å²) in [5.74, 6) is 1.45. The monoisotopic (exact) mass is 813 g/mol. The maximum atomic E-state index is 13.6. The lowest BCUT2D eigenvalue weighted by Gasteiger charge is -2.40. The van der Waals surface area contributed by atoms with E-state index in [1.165, 1.54) is 6.07 Å². The zero-order chi connectivity index (χ0) is 41.6. The van der Waals surface area contributed by atoms with Crippen LogP contribution in [-0.4, -0.2) is 96.0 Å². The molecule has 1 aromatic heterocycles. The molecule has 2 atom stereocenters. The van der Waals surface area contributed by atoms with E-state index in [-0.39, 0.29) is 23.9 Å². The third-order valence-electron chi connectivity index (χ3n) is 12.1. The SMILES string of the molecule is CCOc1cc2c(N[C@H](C)c3cc(N)cc(C(F)(F)F)c3)nc(C)nc2cc1N1CCN(CC2CCN(c3ccc4c(c3)CN(C3CCC(=O)NC3=O)C4=O)CC2)CC1. The molecule has 0 saturated carbocycles. The van der Waals surface area contributed by atoms with Gasteiger partial charge in [0.05, 0.1) is 29.4 Å². The highest BCUT2D eigenvalue weighted by Crippen LogP contribution is 2.39. The van der Waals surface area contributed by atoms with Gasteiger partial charge in [0.1, 0.15) is 23.4 Å². The van der Waals surface area contributed by atoms with Gasteiger partial charge >= 0.3 is 6.18 Å². The number of piperidine rings is 2. The van der Waals surface area contributed by atoms with Crippen molar-refractivity contribution in [1.29, 1.82) is 0 Å². The first-order valence-corrected chi connectivity index (χ1v) is 20.4. The number of anilines is 4. The Hall–Kier alpha value is -5.64. The molecule has 1 unspecified atom stereocenters. The van der Waals surface area contributed by atoms with Gasteiger partial charge in [-0.15, -0.1) is 0 Å². The van der Waals surface area contributed by atoms with Crippen molar-refractivity contribution < 1.29 is 32.3 Å². The van der Waals surface area contributed by atoms with E-state index in [9.17, 15) is 27.6 Å². The number of nitrogens with zero attached hydrogens (tertiary/aromatic N) is 6. The summed E-state index contributed by atoms with van der Waals surface area (Å²) in [6.07, 6.45) is -1.81. The largest absolute Gasteiger partial charge is 0.492 e. The minimum absolute atomic E-state index is 0.0380. The van der Waals surface area contributed by atoms with E-state index >= 15 is 0 Å². The molecule has 4 aromatic rings. The Bertz CT molecular complexity index is 2270. The van der Waals surface area contributed by atoms with Gasteiger partial charge < -0.3 is 30.5 Å². The van der Waals surface area contributed by atoms with Crippen LogP contribution in [0, 0.1) is 12.8 Å². The lowest BCUT2D eigenvalue weighted by atomic mass is 9.95. The number of aromatic nitrogens is 2. The topological polar surface area (TPSA) is 149 Å². The third-order valence-corrected chi connectivity index (χ3v) is 12.1. The summed E-state index contributed by atoms with van der Waals surface area (Å²) in [5.41, 5.74) is 9.80. The summed E-state index contributed by atoms with van der Waals surface area (Å²) in [6.45, 7) is 12.6. The number of piperazine rings is 1. The van der Waals surface area contributed by atoms with Gasteiger partial charge in [0.2, 0.25) is 11.8 Å². The van der Waals surface area contributed by atoms with Crippen molar-refractivity contribution in [2.24, 2.45) is 5.92 Å². The van der Waals surface area contributed by atoms with Crippen LogP contribution in [0.5, 0.6) is 5.75 Å². The van der Waals surface area contributed by atoms with Gasteiger partial charge in [0.15, 0.2) is 0 Å². The number of aryl methyl sites for hydroxylation is 1. The number of ether oxygens (including phenoxy) is 1. The summed E-state index contributed by atoms with van der Waals surface area (Å²) in [7, 11) is 0. The van der Waals surface area contributed by atoms with Crippen molar-refractivity contribution in [2.75, 3.05) is 73.3 Å². The molecule has 0 aliphatic carbocycles. The number of halogens is 3. The number of benzene rings is 3. The fraction of sp³-hybridized carbons (Fsp3) is 0.465. The van der Waals surface area contributed by atoms with Gasteiger partial charge in [0.25, 0.3) is 5.91 Å². The number of nitrogens with two attached hydrogens (primary N) is 1. The number of alkyl halides is 3. The maximum Gasteiger partial charge on any atom is 0.416 e. The number of fused-ring (bicyclic) bond motifs is 2. The lowest BCUT2D eigenvalue weighted by Crippen LogP contribution is -2.52. The number of carbonyl (C=O) groups excluding carboxylic acids is 3. The molecular formula is C43H50F3N9O4. The Balaban J connectivity index is 0.881. The molecule has 3 aromatic carbocycles. The predicted octanol–water partition coefficient (Wildman–Crippen LogP) is 5.91. The number of hydrogen-bond donors (Lipinski definition) is 3. The third kappa shape index (κ3) is 8.45. The summed E-state index contributed by atoms with van der Waals surface area (Å²) in [4.78, 5) is 55.5. The highest BCUT2D eigenvalue weighted by Gasteiger charge is 2.39. The van der Waals surface area contributed by atoms with Crippen LogP contribution in [0.2, 0.25) is 0 Å². The smallest absolute Gasteiger partial charge is 0.416 e. The highest BCUT2D eigenvalue weighted by atomic mass is 19.4. The molecule has 4 aliphatic heterocycles. The molecule has 4 aliphatic rings. The van der Waals surface area contributed by atoms with E-state index in [1.807, 2.05) is 31.2 Å². The van der Waals surface area contributed by atoms with Crippen LogP contribution in [0.15, 0.2) is 48.5 Å². The first kappa shape index (κ1) is 40.2. The van der Waals surface area contributed by atoms with Crippen molar-refractivity contribution in [1.82, 2.24) is 25.1 Å². The molecule has 59 heavy (non-hydrogen) atoms. The summed E-state index contributed by atoms with van der Waals surface area (Å²) < 4.78 is 46.9. The molecule has 13 nitrogen and oxygen atoms in total. The average molecular weight is 814 g/mol. The van der Waals surface area contributed by atoms with Crippen molar-refractivity contribution in [3.05, 3.63) is 76.6 Å². The van der Waals surface area contributed by atoms with Crippen LogP contribution >= 0.6 is 0 Å². The second-order valence-corrected chi connectivity index (χ2v) is 16.1. The van der Waals surface area contributed by atoms with Gasteiger partial charge in [-0.1, -0.05) is 0 Å². The fourth-order valence-electron chi connectivity index (χ4n) is 8.94. The second kappa shape index (κ2) is 16.2. The standard InChI is InChI=1S/C43H50F3N9O4/c1-4-59-38-21-34-35(49-26(3)50-40(34)48-25(2)28-17-30(43(44,45)46)20-31(47)18-28)22-37(38)54-15-13-52(14-16-54)23-27-9-11-53(12-10-27)32-5-6-33-29(19-32)24-55(42(33)58)36-7-8-39(56)51-41(36)57/h5-6,17-22,25,27,36H,4,7-16,23-24,47H2,1-3H3,(H,48,49,50)(H,51,56,57)/t25-,36?/m1/s1. The molecule has 3 saturated heterocycles. The number of nitrogen functional groups attached to an aromatic ring is 1. The first-order chi connectivity index (χ1) is 28.2. The normalized spacial score (nSPS) is 19.9. The van der Waals surface area contributed by atoms with Gasteiger partial charge in [-0.05, 0) is 106 Å². The van der Waals surface area contributed by atoms with E-state index in [4.69, 9.17) is 15.5 Å². The van der Waals surface area contributed by atoms with Crippen molar-refractivity contribution in [3.63, 3.8) is 0 Å². The zero-order valence-corrected chi connectivity index (χ0v) is 33.6. The molecule has 5 heterocycles. The highest BCUT2D eigenvalue weighted by molar-refractivity contribution is 6.05. The van der Waals surface area contributed by atoms with Crippen LogP contribution in [0.1, 0.15) is 78.4 Å². The van der Waals surface area contributed by atoms with Crippen LogP contribution < -0.4 is 30.9 Å². The fourth-order valence-corrected chi connectivity index (χ4v) is 8.94. The molecule has 3 amide bonds. The molecule has 3 fully saturated rings. The molecule has 312 valence electrons. The number of nitrogens with one attached hydrogen (secondary N) is 2. The van der Waals surface area contributed by atoms with Crippen molar-refractivity contribution in [3.8, 4) is 5.75 Å². The number of carbonyl (C=O) groups is 3. The molecule has 4 N–H and O–H groups in total. The first-order valence-electron chi connectivity index (χ1n) is 20.4. The zero-order valence-electron chi connectivity index (χ0n) is 33.6. The predicted molar refractivity (Wildman–Crippen MR) is 219 cm³/mol. The molecular weight excluding hydrogens is 764 g/mol. The minimum Gasteiger partial charge on any atom is -0.492 e. The lowest BCUT2D eigenvalue weighted by molar-refractivity contribution is -0.138. The summed E-state index contributed by atoms with van der Waals surface area (Å²) in [5, 5.41) is 6.39. The van der Waals surface area contributed by atoms with Gasteiger partial charge in [-0.3, -0.25) is 24.6 Å². The molecule has 16 heteroatoms. The maximum absolute atomic E-state index is 13.6. The van der Waals surface area contributed by atoms with E-state index in [0.717, 1.165) is 87.7 Å². The second-order valence-electron chi connectivity index (χ2n) is 16.1.